The number of benzene rings is 1. The van der Waals surface area contributed by atoms with E-state index in [1.807, 2.05) is 12.1 Å². The van der Waals surface area contributed by atoms with Crippen molar-refractivity contribution in [3.05, 3.63) is 29.8 Å². The van der Waals surface area contributed by atoms with Crippen molar-refractivity contribution in [3.63, 3.8) is 0 Å². The fraction of sp³-hybridized carbons (Fsp3) is 0.500. The van der Waals surface area contributed by atoms with Crippen LogP contribution in [-0.4, -0.2) is 44.4 Å². The number of ether oxygens (including phenoxy) is 2. The van der Waals surface area contributed by atoms with Gasteiger partial charge >= 0.3 is 0 Å². The monoisotopic (exact) mass is 246 g/mol. The van der Waals surface area contributed by atoms with E-state index in [0.717, 1.165) is 45.0 Å². The van der Waals surface area contributed by atoms with Crippen LogP contribution >= 0.6 is 0 Å². The Kier molecular flexibility index (Phi) is 5.00. The summed E-state index contributed by atoms with van der Waals surface area (Å²) in [5.41, 5.74) is 0.659. The van der Waals surface area contributed by atoms with Crippen LogP contribution in [0.2, 0.25) is 0 Å². The summed E-state index contributed by atoms with van der Waals surface area (Å²) in [6.07, 6.45) is 1.09. The Labute approximate surface area is 108 Å². The van der Waals surface area contributed by atoms with Crippen LogP contribution in [0.1, 0.15) is 12.0 Å². The predicted molar refractivity (Wildman–Crippen MR) is 68.5 cm³/mol. The first kappa shape index (κ1) is 12.9. The maximum atomic E-state index is 8.69. The molecule has 0 spiro atoms. The third-order valence-corrected chi connectivity index (χ3v) is 2.97. The molecule has 96 valence electrons. The predicted octanol–water partition coefficient (Wildman–Crippen LogP) is 1.66. The Morgan fingerprint density at radius 1 is 1.22 bits per heavy atom. The van der Waals surface area contributed by atoms with Crippen molar-refractivity contribution in [1.82, 2.24) is 4.90 Å². The third-order valence-electron chi connectivity index (χ3n) is 2.97. The van der Waals surface area contributed by atoms with E-state index in [1.165, 1.54) is 0 Å². The molecule has 1 saturated heterocycles. The molecule has 18 heavy (non-hydrogen) atoms. The van der Waals surface area contributed by atoms with Crippen molar-refractivity contribution >= 4 is 0 Å². The first-order chi connectivity index (χ1) is 8.88. The SMILES string of the molecule is N#Cc1ccc(OCCN2CCCOCC2)cc1. The Bertz CT molecular complexity index is 389. The van der Waals surface area contributed by atoms with Crippen molar-refractivity contribution in [3.8, 4) is 11.8 Å². The quantitative estimate of drug-likeness (QED) is 0.810. The molecule has 1 aromatic carbocycles. The zero-order chi connectivity index (χ0) is 12.6. The zero-order valence-corrected chi connectivity index (χ0v) is 10.5. The average Bonchev–Trinajstić information content (AvgIpc) is 2.68. The number of hydrogen-bond donors (Lipinski definition) is 0. The van der Waals surface area contributed by atoms with Crippen LogP contribution < -0.4 is 4.74 Å². The summed E-state index contributed by atoms with van der Waals surface area (Å²) >= 11 is 0. The van der Waals surface area contributed by atoms with E-state index >= 15 is 0 Å². The first-order valence-electron chi connectivity index (χ1n) is 6.31. The molecule has 0 amide bonds. The van der Waals surface area contributed by atoms with Gasteiger partial charge in [-0.2, -0.15) is 5.26 Å². The second-order valence-corrected chi connectivity index (χ2v) is 4.29. The highest BCUT2D eigenvalue weighted by atomic mass is 16.5. The van der Waals surface area contributed by atoms with Gasteiger partial charge in [0.05, 0.1) is 18.2 Å². The fourth-order valence-electron chi connectivity index (χ4n) is 1.94. The van der Waals surface area contributed by atoms with Gasteiger partial charge in [-0.1, -0.05) is 0 Å². The lowest BCUT2D eigenvalue weighted by molar-refractivity contribution is 0.137. The smallest absolute Gasteiger partial charge is 0.119 e. The largest absolute Gasteiger partial charge is 0.492 e. The summed E-state index contributed by atoms with van der Waals surface area (Å²) in [7, 11) is 0. The normalized spacial score (nSPS) is 16.8. The van der Waals surface area contributed by atoms with E-state index in [4.69, 9.17) is 14.7 Å². The molecule has 0 unspecified atom stereocenters. The number of rotatable bonds is 4. The van der Waals surface area contributed by atoms with Crippen LogP contribution in [0, 0.1) is 11.3 Å². The summed E-state index contributed by atoms with van der Waals surface area (Å²) in [5.74, 6) is 0.820. The molecule has 1 aliphatic rings. The highest BCUT2D eigenvalue weighted by Gasteiger charge is 2.08. The zero-order valence-electron chi connectivity index (χ0n) is 10.5. The van der Waals surface area contributed by atoms with Crippen LogP contribution in [0.5, 0.6) is 5.75 Å². The molecule has 0 atom stereocenters. The molecule has 1 fully saturated rings. The van der Waals surface area contributed by atoms with Gasteiger partial charge in [0.25, 0.3) is 0 Å². The average molecular weight is 246 g/mol. The lowest BCUT2D eigenvalue weighted by Gasteiger charge is -2.18. The van der Waals surface area contributed by atoms with E-state index in [0.29, 0.717) is 12.2 Å². The van der Waals surface area contributed by atoms with E-state index in [-0.39, 0.29) is 0 Å². The van der Waals surface area contributed by atoms with Gasteiger partial charge in [0, 0.05) is 26.2 Å². The topological polar surface area (TPSA) is 45.5 Å². The molecule has 0 radical (unpaired) electrons. The van der Waals surface area contributed by atoms with Crippen LogP contribution in [0.4, 0.5) is 0 Å². The second kappa shape index (κ2) is 7.00. The molecular weight excluding hydrogens is 228 g/mol. The molecule has 2 rings (SSSR count). The molecule has 1 aliphatic heterocycles. The Balaban J connectivity index is 1.72. The number of nitriles is 1. The molecule has 1 aromatic rings. The third kappa shape index (κ3) is 4.02. The van der Waals surface area contributed by atoms with Gasteiger partial charge in [0.15, 0.2) is 0 Å². The second-order valence-electron chi connectivity index (χ2n) is 4.29. The molecule has 1 heterocycles. The van der Waals surface area contributed by atoms with Crippen molar-refractivity contribution in [2.75, 3.05) is 39.5 Å². The number of hydrogen-bond acceptors (Lipinski definition) is 4. The van der Waals surface area contributed by atoms with Gasteiger partial charge in [-0.15, -0.1) is 0 Å². The van der Waals surface area contributed by atoms with Crippen molar-refractivity contribution in [2.45, 2.75) is 6.42 Å². The lowest BCUT2D eigenvalue weighted by Crippen LogP contribution is -2.30. The summed E-state index contributed by atoms with van der Waals surface area (Å²) in [6.45, 7) is 5.34. The van der Waals surface area contributed by atoms with E-state index in [9.17, 15) is 0 Å². The van der Waals surface area contributed by atoms with Crippen LogP contribution in [0.15, 0.2) is 24.3 Å². The molecular formula is C14H18N2O2. The molecule has 4 nitrogen and oxygen atoms in total. The van der Waals surface area contributed by atoms with E-state index in [1.54, 1.807) is 12.1 Å². The van der Waals surface area contributed by atoms with Crippen LogP contribution in [0.3, 0.4) is 0 Å². The molecule has 0 saturated carbocycles. The van der Waals surface area contributed by atoms with Crippen LogP contribution in [0.25, 0.3) is 0 Å². The lowest BCUT2D eigenvalue weighted by atomic mass is 10.2. The summed E-state index contributed by atoms with van der Waals surface area (Å²) in [4.78, 5) is 2.36. The fourth-order valence-corrected chi connectivity index (χ4v) is 1.94. The number of nitrogens with zero attached hydrogens (tertiary/aromatic N) is 2. The minimum Gasteiger partial charge on any atom is -0.492 e. The highest BCUT2D eigenvalue weighted by molar-refractivity contribution is 5.34. The van der Waals surface area contributed by atoms with Crippen molar-refractivity contribution in [1.29, 1.82) is 5.26 Å². The summed E-state index contributed by atoms with van der Waals surface area (Å²) < 4.78 is 11.1. The summed E-state index contributed by atoms with van der Waals surface area (Å²) in [5, 5.41) is 8.69. The molecule has 0 aromatic heterocycles. The Hall–Kier alpha value is -1.57. The standard InChI is InChI=1S/C14H18N2O2/c15-12-13-2-4-14(5-3-13)18-11-8-16-6-1-9-17-10-7-16/h2-5H,1,6-11H2. The molecule has 0 bridgehead atoms. The minimum absolute atomic E-state index is 0.659. The van der Waals surface area contributed by atoms with Gasteiger partial charge in [-0.3, -0.25) is 4.90 Å². The molecule has 0 aliphatic carbocycles. The van der Waals surface area contributed by atoms with E-state index < -0.39 is 0 Å². The Morgan fingerprint density at radius 2 is 2.06 bits per heavy atom. The Morgan fingerprint density at radius 3 is 2.83 bits per heavy atom. The molecule has 4 heteroatoms. The maximum Gasteiger partial charge on any atom is 0.119 e. The van der Waals surface area contributed by atoms with E-state index in [2.05, 4.69) is 11.0 Å². The van der Waals surface area contributed by atoms with Crippen LogP contribution in [-0.2, 0) is 4.74 Å². The minimum atomic E-state index is 0.659. The van der Waals surface area contributed by atoms with Gasteiger partial charge < -0.3 is 9.47 Å². The van der Waals surface area contributed by atoms with Gasteiger partial charge in [-0.05, 0) is 30.7 Å². The molecule has 0 N–H and O–H groups in total. The van der Waals surface area contributed by atoms with Gasteiger partial charge in [0.1, 0.15) is 12.4 Å². The highest BCUT2D eigenvalue weighted by Crippen LogP contribution is 2.11. The van der Waals surface area contributed by atoms with Crippen molar-refractivity contribution < 1.29 is 9.47 Å². The van der Waals surface area contributed by atoms with Gasteiger partial charge in [0.2, 0.25) is 0 Å². The summed E-state index contributed by atoms with van der Waals surface area (Å²) in [6, 6.07) is 9.31. The maximum absolute atomic E-state index is 8.69. The first-order valence-corrected chi connectivity index (χ1v) is 6.31. The van der Waals surface area contributed by atoms with Gasteiger partial charge in [-0.25, -0.2) is 0 Å². The van der Waals surface area contributed by atoms with Crippen molar-refractivity contribution in [2.24, 2.45) is 0 Å².